The minimum Gasteiger partial charge on any atom is -0.490 e. The highest BCUT2D eigenvalue weighted by atomic mass is 35.5. The number of benzene rings is 2. The van der Waals surface area contributed by atoms with Crippen molar-refractivity contribution in [1.29, 1.82) is 0 Å². The maximum Gasteiger partial charge on any atom is 0.264 e. The normalized spacial score (nSPS) is 33.6. The van der Waals surface area contributed by atoms with Crippen LogP contribution in [0.1, 0.15) is 102 Å². The van der Waals surface area contributed by atoms with Crippen LogP contribution in [0, 0.1) is 17.8 Å². The Kier molecular flexibility index (Phi) is 11.8. The SMILES string of the molecule is CC(C)O[C@]1(CN2CCN(C(C)C)[C@H](C)C2)/C=C\C[C@H](C)[C@@H](C)S(=O)(=O)NC(=O)c2ccc3c(c2)N(C[C@@H]2CC[C@H]21)C[C@@]1(CCCc2cc(Cl)ccc21)CO3. The van der Waals surface area contributed by atoms with Gasteiger partial charge in [0, 0.05) is 67.4 Å². The average Bonchev–Trinajstić information content (AvgIpc) is 3.25. The lowest BCUT2D eigenvalue weighted by atomic mass is 9.63. The largest absolute Gasteiger partial charge is 0.490 e. The van der Waals surface area contributed by atoms with Gasteiger partial charge in [-0.1, -0.05) is 36.7 Å². The summed E-state index contributed by atoms with van der Waals surface area (Å²) in [5, 5.41) is -0.0314. The number of amides is 1. The Morgan fingerprint density at radius 3 is 2.55 bits per heavy atom. The summed E-state index contributed by atoms with van der Waals surface area (Å²) in [5.41, 5.74) is 2.89. The number of carbonyl (C=O) groups is 1. The van der Waals surface area contributed by atoms with E-state index in [4.69, 9.17) is 21.1 Å². The smallest absolute Gasteiger partial charge is 0.264 e. The standard InChI is InChI=1S/C44H63ClN4O5S/c1-29(2)49-21-20-47(24-32(49)6)27-44(54-30(3)4)19-8-10-31(5)33(7)55(51,52)46-42(50)35-13-17-41-40(23-35)48(25-36-12-15-39(36)44)26-43(28-53-41)18-9-11-34-22-37(45)14-16-38(34)43/h8,13-14,16-17,19,22-23,29-33,36,39H,9-12,15,18,20-21,24-28H2,1-7H3,(H,46,50)/b19-8-/t31-,32+,33+,36-,39+,43-,44-/m0/s1. The number of nitrogens with zero attached hydrogens (tertiary/aromatic N) is 3. The van der Waals surface area contributed by atoms with E-state index >= 15 is 0 Å². The van der Waals surface area contributed by atoms with Crippen LogP contribution in [0.25, 0.3) is 0 Å². The van der Waals surface area contributed by atoms with Crippen molar-refractivity contribution < 1.29 is 22.7 Å². The molecule has 1 N–H and O–H groups in total. The molecule has 9 nitrogen and oxygen atoms in total. The molecule has 55 heavy (non-hydrogen) atoms. The number of allylic oxidation sites excluding steroid dienone is 1. The van der Waals surface area contributed by atoms with Crippen LogP contribution in [0.3, 0.4) is 0 Å². The second kappa shape index (κ2) is 16.0. The van der Waals surface area contributed by atoms with E-state index in [-0.39, 0.29) is 23.4 Å². The van der Waals surface area contributed by atoms with Crippen molar-refractivity contribution >= 4 is 33.2 Å². The highest BCUT2D eigenvalue weighted by Gasteiger charge is 2.51. The minimum absolute atomic E-state index is 0.00140. The van der Waals surface area contributed by atoms with E-state index in [1.165, 1.54) is 11.1 Å². The predicted octanol–water partition coefficient (Wildman–Crippen LogP) is 7.46. The number of nitrogens with one attached hydrogen (secondary N) is 1. The lowest BCUT2D eigenvalue weighted by Crippen LogP contribution is -2.61. The van der Waals surface area contributed by atoms with Gasteiger partial charge in [0.05, 0.1) is 23.6 Å². The minimum atomic E-state index is -3.97. The molecule has 0 radical (unpaired) electrons. The van der Waals surface area contributed by atoms with Crippen molar-refractivity contribution in [2.45, 2.75) is 121 Å². The summed E-state index contributed by atoms with van der Waals surface area (Å²) in [7, 11) is -3.97. The number of rotatable bonds is 5. The summed E-state index contributed by atoms with van der Waals surface area (Å²) >= 11 is 6.53. The van der Waals surface area contributed by atoms with E-state index in [2.05, 4.69) is 78.3 Å². The highest BCUT2D eigenvalue weighted by molar-refractivity contribution is 7.90. The Morgan fingerprint density at radius 2 is 1.84 bits per heavy atom. The molecule has 5 aliphatic rings. The Bertz CT molecular complexity index is 1870. The first-order valence-electron chi connectivity index (χ1n) is 20.8. The van der Waals surface area contributed by atoms with E-state index in [1.54, 1.807) is 13.0 Å². The van der Waals surface area contributed by atoms with Crippen LogP contribution in [0.5, 0.6) is 5.75 Å². The Hall–Kier alpha value is -2.63. The van der Waals surface area contributed by atoms with Gasteiger partial charge in [-0.05, 0) is 139 Å². The molecule has 3 aliphatic heterocycles. The van der Waals surface area contributed by atoms with Crippen LogP contribution in [0.15, 0.2) is 48.6 Å². The number of aryl methyl sites for hydroxylation is 1. The molecule has 2 aromatic carbocycles. The topological polar surface area (TPSA) is 91.4 Å². The first-order chi connectivity index (χ1) is 26.1. The molecular weight excluding hydrogens is 732 g/mol. The fraction of sp³-hybridized carbons (Fsp3) is 0.659. The van der Waals surface area contributed by atoms with Gasteiger partial charge in [-0.2, -0.15) is 0 Å². The summed E-state index contributed by atoms with van der Waals surface area (Å²) in [4.78, 5) is 21.4. The number of halogens is 1. The van der Waals surface area contributed by atoms with E-state index in [9.17, 15) is 13.2 Å². The summed E-state index contributed by atoms with van der Waals surface area (Å²) in [5.74, 6) is 0.465. The van der Waals surface area contributed by atoms with E-state index in [0.29, 0.717) is 36.6 Å². The van der Waals surface area contributed by atoms with Gasteiger partial charge >= 0.3 is 0 Å². The van der Waals surface area contributed by atoms with Crippen LogP contribution in [-0.4, -0.2) is 99.0 Å². The van der Waals surface area contributed by atoms with Gasteiger partial charge in [0.25, 0.3) is 5.91 Å². The quantitative estimate of drug-likeness (QED) is 0.312. The molecule has 3 heterocycles. The zero-order valence-corrected chi connectivity index (χ0v) is 35.6. The fourth-order valence-electron chi connectivity index (χ4n) is 10.4. The highest BCUT2D eigenvalue weighted by Crippen LogP contribution is 2.50. The number of anilines is 1. The van der Waals surface area contributed by atoms with Crippen LogP contribution in [0.2, 0.25) is 5.02 Å². The summed E-state index contributed by atoms with van der Waals surface area (Å²) < 4.78 is 43.8. The van der Waals surface area contributed by atoms with Gasteiger partial charge in [-0.25, -0.2) is 13.1 Å². The van der Waals surface area contributed by atoms with E-state index < -0.39 is 26.8 Å². The maximum atomic E-state index is 13.7. The number of hydrogen-bond donors (Lipinski definition) is 1. The molecule has 302 valence electrons. The van der Waals surface area contributed by atoms with Gasteiger partial charge in [0.15, 0.2) is 0 Å². The number of hydrogen-bond acceptors (Lipinski definition) is 8. The van der Waals surface area contributed by atoms with Crippen LogP contribution >= 0.6 is 11.6 Å². The summed E-state index contributed by atoms with van der Waals surface area (Å²) in [6.45, 7) is 20.6. The van der Waals surface area contributed by atoms with Crippen LogP contribution < -0.4 is 14.4 Å². The van der Waals surface area contributed by atoms with Crippen LogP contribution in [-0.2, 0) is 26.6 Å². The molecule has 0 unspecified atom stereocenters. The van der Waals surface area contributed by atoms with Crippen molar-refractivity contribution in [2.24, 2.45) is 17.8 Å². The fourth-order valence-corrected chi connectivity index (χ4v) is 11.9. The van der Waals surface area contributed by atoms with E-state index in [1.807, 2.05) is 25.1 Å². The number of carbonyl (C=O) groups excluding carboxylic acids is 1. The van der Waals surface area contributed by atoms with E-state index in [0.717, 1.165) is 87.8 Å². The van der Waals surface area contributed by atoms with Crippen molar-refractivity contribution in [1.82, 2.24) is 14.5 Å². The molecule has 1 saturated carbocycles. The molecular formula is C44H63ClN4O5S. The molecule has 7 atom stereocenters. The number of ether oxygens (including phenoxy) is 2. The Labute approximate surface area is 335 Å². The number of sulfonamides is 1. The second-order valence-electron chi connectivity index (χ2n) is 18.1. The van der Waals surface area contributed by atoms with Crippen molar-refractivity contribution in [2.75, 3.05) is 50.8 Å². The molecule has 2 aliphatic carbocycles. The summed E-state index contributed by atoms with van der Waals surface area (Å²) in [6.07, 6.45) is 10.2. The van der Waals surface area contributed by atoms with Gasteiger partial charge in [-0.3, -0.25) is 14.6 Å². The van der Waals surface area contributed by atoms with Gasteiger partial charge in [0.1, 0.15) is 11.4 Å². The Morgan fingerprint density at radius 1 is 1.04 bits per heavy atom. The number of piperazine rings is 1. The molecule has 2 aromatic rings. The summed E-state index contributed by atoms with van der Waals surface area (Å²) in [6, 6.07) is 12.6. The van der Waals surface area contributed by atoms with Crippen molar-refractivity contribution in [3.63, 3.8) is 0 Å². The monoisotopic (exact) mass is 794 g/mol. The third-order valence-corrected chi connectivity index (χ3v) is 15.7. The van der Waals surface area contributed by atoms with Crippen molar-refractivity contribution in [3.05, 3.63) is 70.3 Å². The Balaban J connectivity index is 1.32. The van der Waals surface area contributed by atoms with Crippen LogP contribution in [0.4, 0.5) is 5.69 Å². The maximum absolute atomic E-state index is 13.7. The molecule has 2 bridgehead atoms. The van der Waals surface area contributed by atoms with Crippen molar-refractivity contribution in [3.8, 4) is 5.75 Å². The molecule has 11 heteroatoms. The third-order valence-electron chi connectivity index (χ3n) is 13.6. The van der Waals surface area contributed by atoms with Gasteiger partial charge in [-0.15, -0.1) is 0 Å². The molecule has 2 fully saturated rings. The average molecular weight is 796 g/mol. The zero-order chi connectivity index (χ0) is 39.3. The molecule has 1 saturated heterocycles. The molecule has 1 amide bonds. The first-order valence-corrected chi connectivity index (χ1v) is 22.7. The zero-order valence-electron chi connectivity index (χ0n) is 34.0. The predicted molar refractivity (Wildman–Crippen MR) is 222 cm³/mol. The molecule has 1 spiro atoms. The molecule has 0 aromatic heterocycles. The first kappa shape index (κ1) is 40.6. The molecule has 7 rings (SSSR count). The number of fused-ring (bicyclic) bond motifs is 4. The lowest BCUT2D eigenvalue weighted by Gasteiger charge is -2.54. The van der Waals surface area contributed by atoms with Gasteiger partial charge in [0.2, 0.25) is 10.0 Å². The third kappa shape index (κ3) is 8.23. The second-order valence-corrected chi connectivity index (χ2v) is 20.5. The lowest BCUT2D eigenvalue weighted by molar-refractivity contribution is -0.140. The van der Waals surface area contributed by atoms with Gasteiger partial charge < -0.3 is 14.4 Å².